The summed E-state index contributed by atoms with van der Waals surface area (Å²) >= 11 is 0. The van der Waals surface area contributed by atoms with Crippen LogP contribution in [0, 0.1) is 23.2 Å². The maximum atomic E-state index is 12.7. The van der Waals surface area contributed by atoms with Gasteiger partial charge in [-0.25, -0.2) is 0 Å². The van der Waals surface area contributed by atoms with Gasteiger partial charge in [-0.15, -0.1) is 0 Å². The fraction of sp³-hybridized carbons (Fsp3) is 0.895. The summed E-state index contributed by atoms with van der Waals surface area (Å²) < 4.78 is 5.64. The summed E-state index contributed by atoms with van der Waals surface area (Å²) in [6, 6.07) is 0. The zero-order valence-corrected chi connectivity index (χ0v) is 16.0. The maximum Gasteiger partial charge on any atom is 0.324 e. The smallest absolute Gasteiger partial charge is 0.324 e. The molecule has 0 spiro atoms. The summed E-state index contributed by atoms with van der Waals surface area (Å²) in [6.07, 6.45) is 4.63. The molecule has 0 aliphatic heterocycles. The van der Waals surface area contributed by atoms with E-state index in [0.29, 0.717) is 5.92 Å². The quantitative estimate of drug-likeness (QED) is 0.332. The van der Waals surface area contributed by atoms with Crippen LogP contribution >= 0.6 is 0 Å². The van der Waals surface area contributed by atoms with Crippen molar-refractivity contribution in [2.45, 2.75) is 86.7 Å². The Morgan fingerprint density at radius 3 is 1.78 bits per heavy atom. The lowest BCUT2D eigenvalue weighted by molar-refractivity contribution is -0.181. The average molecular weight is 328 g/mol. The monoisotopic (exact) mass is 328 g/mol. The first-order chi connectivity index (χ1) is 10.6. The first kappa shape index (κ1) is 21.9. The molecule has 4 nitrogen and oxygen atoms in total. The number of ether oxygens (including phenoxy) is 1. The van der Waals surface area contributed by atoms with Crippen LogP contribution < -0.4 is 0 Å². The number of carboxylic acids is 1. The van der Waals surface area contributed by atoms with E-state index < -0.39 is 17.4 Å². The van der Waals surface area contributed by atoms with Gasteiger partial charge in [0.2, 0.25) is 0 Å². The fourth-order valence-electron chi connectivity index (χ4n) is 3.24. The van der Waals surface area contributed by atoms with E-state index in [0.717, 1.165) is 25.7 Å². The fourth-order valence-corrected chi connectivity index (χ4v) is 3.24. The minimum Gasteiger partial charge on any atom is -0.480 e. The molecule has 23 heavy (non-hydrogen) atoms. The molecule has 1 unspecified atom stereocenters. The number of carboxylic acid groups (broad SMARTS) is 1. The van der Waals surface area contributed by atoms with Crippen LogP contribution in [0.3, 0.4) is 0 Å². The molecule has 0 saturated heterocycles. The van der Waals surface area contributed by atoms with Gasteiger partial charge in [-0.2, -0.15) is 0 Å². The highest BCUT2D eigenvalue weighted by Crippen LogP contribution is 2.38. The Hall–Kier alpha value is -1.06. The third-order valence-electron chi connectivity index (χ3n) is 4.80. The molecule has 1 N–H and O–H groups in total. The highest BCUT2D eigenvalue weighted by molar-refractivity contribution is 5.99. The summed E-state index contributed by atoms with van der Waals surface area (Å²) in [6.45, 7) is 13.5. The number of rotatable bonds is 11. The van der Waals surface area contributed by atoms with E-state index in [9.17, 15) is 14.7 Å². The minimum absolute atomic E-state index is 0.189. The van der Waals surface area contributed by atoms with Crippen molar-refractivity contribution in [2.75, 3.05) is 0 Å². The first-order valence-electron chi connectivity index (χ1n) is 9.04. The molecular weight excluding hydrogens is 292 g/mol. The normalized spacial score (nSPS) is 13.7. The van der Waals surface area contributed by atoms with Gasteiger partial charge >= 0.3 is 11.9 Å². The zero-order valence-electron chi connectivity index (χ0n) is 16.0. The number of unbranched alkanes of at least 4 members (excludes halogenated alkanes) is 1. The van der Waals surface area contributed by atoms with Crippen molar-refractivity contribution in [3.05, 3.63) is 0 Å². The molecule has 0 rings (SSSR count). The van der Waals surface area contributed by atoms with E-state index in [-0.39, 0.29) is 17.9 Å². The molecule has 136 valence electrons. The summed E-state index contributed by atoms with van der Waals surface area (Å²) in [4.78, 5) is 24.5. The van der Waals surface area contributed by atoms with Crippen molar-refractivity contribution in [3.63, 3.8) is 0 Å². The summed E-state index contributed by atoms with van der Waals surface area (Å²) in [5.74, 6) is -1.61. The maximum absolute atomic E-state index is 12.7. The second-order valence-electron chi connectivity index (χ2n) is 7.60. The number of carbonyl (C=O) groups excluding carboxylic acids is 1. The second-order valence-corrected chi connectivity index (χ2v) is 7.60. The lowest BCUT2D eigenvalue weighted by Crippen LogP contribution is -2.50. The highest BCUT2D eigenvalue weighted by atomic mass is 16.5. The Morgan fingerprint density at radius 2 is 1.43 bits per heavy atom. The molecule has 0 heterocycles. The van der Waals surface area contributed by atoms with E-state index >= 15 is 0 Å². The number of carbonyl (C=O) groups is 2. The molecule has 0 aromatic rings. The van der Waals surface area contributed by atoms with Crippen molar-refractivity contribution < 1.29 is 19.4 Å². The Morgan fingerprint density at radius 1 is 0.957 bits per heavy atom. The molecule has 0 aliphatic rings. The lowest BCUT2D eigenvalue weighted by atomic mass is 9.69. The molecule has 4 heteroatoms. The largest absolute Gasteiger partial charge is 0.480 e. The molecule has 0 saturated carbocycles. The molecule has 0 aromatic carbocycles. The van der Waals surface area contributed by atoms with Crippen LogP contribution in [0.25, 0.3) is 0 Å². The predicted octanol–water partition coefficient (Wildman–Crippen LogP) is 4.91. The highest BCUT2D eigenvalue weighted by Gasteiger charge is 2.53. The van der Waals surface area contributed by atoms with E-state index in [1.54, 1.807) is 27.7 Å². The Kier molecular flexibility index (Phi) is 9.48. The van der Waals surface area contributed by atoms with E-state index in [1.807, 2.05) is 6.92 Å². The number of aliphatic carboxylic acids is 1. The third kappa shape index (κ3) is 5.82. The molecule has 1 atom stereocenters. The van der Waals surface area contributed by atoms with Crippen molar-refractivity contribution >= 4 is 11.9 Å². The second kappa shape index (κ2) is 9.94. The third-order valence-corrected chi connectivity index (χ3v) is 4.80. The van der Waals surface area contributed by atoms with Crippen molar-refractivity contribution in [3.8, 4) is 0 Å². The van der Waals surface area contributed by atoms with E-state index in [4.69, 9.17) is 4.74 Å². The number of hydrogen-bond donors (Lipinski definition) is 1. The van der Waals surface area contributed by atoms with Crippen LogP contribution in [0.2, 0.25) is 0 Å². The molecule has 0 aliphatic carbocycles. The van der Waals surface area contributed by atoms with Crippen LogP contribution in [-0.4, -0.2) is 23.1 Å². The molecule has 0 bridgehead atoms. The Labute approximate surface area is 142 Å². The van der Waals surface area contributed by atoms with Gasteiger partial charge in [0.05, 0.1) is 0 Å². The van der Waals surface area contributed by atoms with Crippen LogP contribution in [0.1, 0.15) is 80.6 Å². The van der Waals surface area contributed by atoms with Gasteiger partial charge < -0.3 is 9.84 Å². The van der Waals surface area contributed by atoms with Gasteiger partial charge in [-0.1, -0.05) is 61.3 Å². The molecule has 0 fully saturated rings. The number of hydrogen-bond acceptors (Lipinski definition) is 3. The summed E-state index contributed by atoms with van der Waals surface area (Å²) in [7, 11) is 0. The summed E-state index contributed by atoms with van der Waals surface area (Å²) in [5, 5.41) is 9.69. The van der Waals surface area contributed by atoms with Crippen LogP contribution in [0.5, 0.6) is 0 Å². The van der Waals surface area contributed by atoms with Gasteiger partial charge in [0.1, 0.15) is 6.10 Å². The van der Waals surface area contributed by atoms with Gasteiger partial charge in [-0.3, -0.25) is 9.59 Å². The first-order valence-corrected chi connectivity index (χ1v) is 9.04. The van der Waals surface area contributed by atoms with Gasteiger partial charge in [0.15, 0.2) is 5.41 Å². The van der Waals surface area contributed by atoms with E-state index in [1.165, 1.54) is 6.42 Å². The van der Waals surface area contributed by atoms with Gasteiger partial charge in [0.25, 0.3) is 0 Å². The van der Waals surface area contributed by atoms with Crippen LogP contribution in [-0.2, 0) is 14.3 Å². The van der Waals surface area contributed by atoms with E-state index in [2.05, 4.69) is 13.8 Å². The van der Waals surface area contributed by atoms with Gasteiger partial charge in [-0.05, 0) is 37.0 Å². The SMILES string of the molecule is CCC(CCCCC(C)C)OC(=O)C(C(=O)O)(C(C)C)C(C)C. The molecular formula is C19H36O4. The molecule has 0 radical (unpaired) electrons. The topological polar surface area (TPSA) is 63.6 Å². The Balaban J connectivity index is 4.91. The van der Waals surface area contributed by atoms with Crippen molar-refractivity contribution in [1.29, 1.82) is 0 Å². The molecule has 0 amide bonds. The van der Waals surface area contributed by atoms with Crippen molar-refractivity contribution in [1.82, 2.24) is 0 Å². The van der Waals surface area contributed by atoms with Crippen LogP contribution in [0.15, 0.2) is 0 Å². The minimum atomic E-state index is -1.47. The Bertz CT molecular complexity index is 364. The van der Waals surface area contributed by atoms with Crippen LogP contribution in [0.4, 0.5) is 0 Å². The average Bonchev–Trinajstić information content (AvgIpc) is 2.41. The van der Waals surface area contributed by atoms with Crippen molar-refractivity contribution in [2.24, 2.45) is 23.2 Å². The zero-order chi connectivity index (χ0) is 18.2. The van der Waals surface area contributed by atoms with Gasteiger partial charge in [0, 0.05) is 0 Å². The lowest BCUT2D eigenvalue weighted by Gasteiger charge is -2.35. The predicted molar refractivity (Wildman–Crippen MR) is 93.2 cm³/mol. The number of esters is 1. The summed E-state index contributed by atoms with van der Waals surface area (Å²) in [5.41, 5.74) is -1.47. The molecule has 0 aromatic heterocycles. The standard InChI is InChI=1S/C19H36O4/c1-8-16(12-10-9-11-13(2)3)23-18(22)19(14(4)5,15(6)7)17(20)21/h13-16H,8-12H2,1-7H3,(H,20,21).